The lowest BCUT2D eigenvalue weighted by atomic mass is 9.94. The second-order valence-electron chi connectivity index (χ2n) is 10.7. The standard InChI is InChI=1S/C31H34N4O/c1-31(2,3)30(36)35(26-13-14-26)20-23-10-7-11-24(18-23)25-12-15-28-27(19-25)29(34-21-33-28)32-17-16-22-8-5-4-6-9-22/h4-12,15,18-19,21,26H,13-14,16-17,20H2,1-3H3,(H,32,33,34). The van der Waals surface area contributed by atoms with Crippen molar-refractivity contribution in [1.82, 2.24) is 14.9 Å². The lowest BCUT2D eigenvalue weighted by Gasteiger charge is -2.30. The number of nitrogens with one attached hydrogen (secondary N) is 1. The van der Waals surface area contributed by atoms with Crippen LogP contribution >= 0.6 is 0 Å². The molecule has 184 valence electrons. The van der Waals surface area contributed by atoms with Crippen molar-refractivity contribution in [3.63, 3.8) is 0 Å². The summed E-state index contributed by atoms with van der Waals surface area (Å²) in [5.41, 5.74) is 5.25. The Hall–Kier alpha value is -3.73. The molecule has 5 rings (SSSR count). The van der Waals surface area contributed by atoms with E-state index < -0.39 is 0 Å². The zero-order chi connectivity index (χ0) is 25.1. The van der Waals surface area contributed by atoms with E-state index in [-0.39, 0.29) is 11.3 Å². The number of aromatic nitrogens is 2. The second-order valence-corrected chi connectivity index (χ2v) is 10.7. The van der Waals surface area contributed by atoms with Crippen LogP contribution in [0.3, 0.4) is 0 Å². The molecular weight excluding hydrogens is 444 g/mol. The van der Waals surface area contributed by atoms with E-state index in [9.17, 15) is 4.79 Å². The predicted molar refractivity (Wildman–Crippen MR) is 147 cm³/mol. The molecule has 1 N–H and O–H groups in total. The number of hydrogen-bond acceptors (Lipinski definition) is 4. The highest BCUT2D eigenvalue weighted by atomic mass is 16.2. The van der Waals surface area contributed by atoms with E-state index in [1.807, 2.05) is 26.8 Å². The molecule has 0 spiro atoms. The number of amides is 1. The van der Waals surface area contributed by atoms with E-state index >= 15 is 0 Å². The average Bonchev–Trinajstić information content (AvgIpc) is 3.72. The fourth-order valence-electron chi connectivity index (χ4n) is 4.58. The zero-order valence-corrected chi connectivity index (χ0v) is 21.4. The van der Waals surface area contributed by atoms with Gasteiger partial charge in [0.2, 0.25) is 5.91 Å². The summed E-state index contributed by atoms with van der Waals surface area (Å²) in [5, 5.41) is 4.51. The van der Waals surface area contributed by atoms with E-state index in [2.05, 4.69) is 86.9 Å². The van der Waals surface area contributed by atoms with Crippen molar-refractivity contribution in [2.75, 3.05) is 11.9 Å². The molecule has 1 aromatic heterocycles. The monoisotopic (exact) mass is 478 g/mol. The Kier molecular flexibility index (Phi) is 6.73. The van der Waals surface area contributed by atoms with Gasteiger partial charge in [0.15, 0.2) is 0 Å². The van der Waals surface area contributed by atoms with Gasteiger partial charge >= 0.3 is 0 Å². The van der Waals surface area contributed by atoms with Gasteiger partial charge in [0.1, 0.15) is 12.1 Å². The molecular formula is C31H34N4O. The summed E-state index contributed by atoms with van der Waals surface area (Å²) in [5.74, 6) is 1.08. The van der Waals surface area contributed by atoms with Crippen LogP contribution in [0.4, 0.5) is 5.82 Å². The zero-order valence-electron chi connectivity index (χ0n) is 21.4. The Balaban J connectivity index is 1.37. The van der Waals surface area contributed by atoms with Gasteiger partial charge < -0.3 is 10.2 Å². The van der Waals surface area contributed by atoms with Crippen LogP contribution in [-0.2, 0) is 17.8 Å². The first kappa shape index (κ1) is 24.0. The second kappa shape index (κ2) is 10.1. The first-order valence-electron chi connectivity index (χ1n) is 12.8. The number of nitrogens with zero attached hydrogens (tertiary/aromatic N) is 3. The van der Waals surface area contributed by atoms with Gasteiger partial charge in [0.05, 0.1) is 5.52 Å². The maximum absolute atomic E-state index is 13.1. The molecule has 1 aliphatic rings. The average molecular weight is 479 g/mol. The maximum Gasteiger partial charge on any atom is 0.228 e. The third-order valence-electron chi connectivity index (χ3n) is 6.69. The van der Waals surface area contributed by atoms with Crippen molar-refractivity contribution in [1.29, 1.82) is 0 Å². The van der Waals surface area contributed by atoms with Gasteiger partial charge in [-0.15, -0.1) is 0 Å². The molecule has 1 fully saturated rings. The van der Waals surface area contributed by atoms with Crippen molar-refractivity contribution >= 4 is 22.6 Å². The third kappa shape index (κ3) is 5.56. The summed E-state index contributed by atoms with van der Waals surface area (Å²) < 4.78 is 0. The molecule has 1 amide bonds. The number of carbonyl (C=O) groups is 1. The minimum Gasteiger partial charge on any atom is -0.369 e. The van der Waals surface area contributed by atoms with E-state index in [1.165, 1.54) is 5.56 Å². The van der Waals surface area contributed by atoms with Crippen LogP contribution in [0.2, 0.25) is 0 Å². The summed E-state index contributed by atoms with van der Waals surface area (Å²) >= 11 is 0. The van der Waals surface area contributed by atoms with Crippen LogP contribution in [0.5, 0.6) is 0 Å². The van der Waals surface area contributed by atoms with Gasteiger partial charge in [0.25, 0.3) is 0 Å². The highest BCUT2D eigenvalue weighted by Crippen LogP contribution is 2.33. The third-order valence-corrected chi connectivity index (χ3v) is 6.69. The molecule has 1 saturated carbocycles. The van der Waals surface area contributed by atoms with Crippen molar-refractivity contribution in [2.24, 2.45) is 5.41 Å². The van der Waals surface area contributed by atoms with Gasteiger partial charge in [-0.2, -0.15) is 0 Å². The first-order valence-corrected chi connectivity index (χ1v) is 12.8. The molecule has 1 aliphatic carbocycles. The lowest BCUT2D eigenvalue weighted by molar-refractivity contribution is -0.140. The molecule has 0 aliphatic heterocycles. The van der Waals surface area contributed by atoms with Crippen LogP contribution in [0.25, 0.3) is 22.0 Å². The fraction of sp³-hybridized carbons (Fsp3) is 0.323. The topological polar surface area (TPSA) is 58.1 Å². The molecule has 3 aromatic carbocycles. The number of fused-ring (bicyclic) bond motifs is 1. The van der Waals surface area contributed by atoms with E-state index in [4.69, 9.17) is 0 Å². The number of anilines is 1. The van der Waals surface area contributed by atoms with Crippen LogP contribution in [0.1, 0.15) is 44.7 Å². The van der Waals surface area contributed by atoms with E-state index in [0.29, 0.717) is 12.6 Å². The molecule has 5 nitrogen and oxygen atoms in total. The SMILES string of the molecule is CC(C)(C)C(=O)N(Cc1cccc(-c2ccc3ncnc(NCCc4ccccc4)c3c2)c1)C1CC1. The molecule has 5 heteroatoms. The predicted octanol–water partition coefficient (Wildman–Crippen LogP) is 6.49. The van der Waals surface area contributed by atoms with Gasteiger partial charge in [-0.25, -0.2) is 9.97 Å². The number of benzene rings is 3. The normalized spacial score (nSPS) is 13.5. The molecule has 0 atom stereocenters. The van der Waals surface area contributed by atoms with Crippen molar-refractivity contribution < 1.29 is 4.79 Å². The largest absolute Gasteiger partial charge is 0.369 e. The van der Waals surface area contributed by atoms with E-state index in [0.717, 1.165) is 59.2 Å². The minimum atomic E-state index is -0.373. The van der Waals surface area contributed by atoms with E-state index in [1.54, 1.807) is 6.33 Å². The summed E-state index contributed by atoms with van der Waals surface area (Å²) in [4.78, 5) is 24.1. The van der Waals surface area contributed by atoms with Crippen LogP contribution in [0.15, 0.2) is 79.1 Å². The first-order chi connectivity index (χ1) is 17.4. The van der Waals surface area contributed by atoms with Crippen LogP contribution in [-0.4, -0.2) is 33.4 Å². The molecule has 36 heavy (non-hydrogen) atoms. The number of carbonyl (C=O) groups excluding carboxylic acids is 1. The Bertz CT molecular complexity index is 1360. The number of rotatable bonds is 8. The molecule has 4 aromatic rings. The molecule has 0 saturated heterocycles. The number of hydrogen-bond donors (Lipinski definition) is 1. The molecule has 0 unspecified atom stereocenters. The smallest absolute Gasteiger partial charge is 0.228 e. The highest BCUT2D eigenvalue weighted by molar-refractivity contribution is 5.92. The summed E-state index contributed by atoms with van der Waals surface area (Å²) in [7, 11) is 0. The molecule has 0 radical (unpaired) electrons. The molecule has 1 heterocycles. The lowest BCUT2D eigenvalue weighted by Crippen LogP contribution is -2.40. The summed E-state index contributed by atoms with van der Waals surface area (Å²) in [6.45, 7) is 7.46. The quantitative estimate of drug-likeness (QED) is 0.314. The fourth-order valence-corrected chi connectivity index (χ4v) is 4.58. The van der Waals surface area contributed by atoms with Crippen LogP contribution in [0, 0.1) is 5.41 Å². The Labute approximate surface area is 213 Å². The van der Waals surface area contributed by atoms with Gasteiger partial charge in [-0.3, -0.25) is 4.79 Å². The van der Waals surface area contributed by atoms with Gasteiger partial charge in [-0.1, -0.05) is 75.4 Å². The maximum atomic E-state index is 13.1. The highest BCUT2D eigenvalue weighted by Gasteiger charge is 2.37. The summed E-state index contributed by atoms with van der Waals surface area (Å²) in [6.07, 6.45) is 4.75. The van der Waals surface area contributed by atoms with Crippen LogP contribution < -0.4 is 5.32 Å². The van der Waals surface area contributed by atoms with Gasteiger partial charge in [0, 0.05) is 29.9 Å². The van der Waals surface area contributed by atoms with Crippen molar-refractivity contribution in [3.05, 3.63) is 90.3 Å². The van der Waals surface area contributed by atoms with Crippen molar-refractivity contribution in [2.45, 2.75) is 52.6 Å². The Morgan fingerprint density at radius 1 is 0.917 bits per heavy atom. The summed E-state index contributed by atoms with van der Waals surface area (Å²) in [6, 6.07) is 25.7. The molecule has 0 bridgehead atoms. The minimum absolute atomic E-state index is 0.226. The van der Waals surface area contributed by atoms with Crippen molar-refractivity contribution in [3.8, 4) is 11.1 Å². The van der Waals surface area contributed by atoms with Gasteiger partial charge in [-0.05, 0) is 59.7 Å². The Morgan fingerprint density at radius 2 is 1.67 bits per heavy atom. The Morgan fingerprint density at radius 3 is 2.42 bits per heavy atom.